The molecule has 3 aromatic carbocycles. The number of rotatable bonds is 7. The van der Waals surface area contributed by atoms with Crippen molar-refractivity contribution in [2.24, 2.45) is 0 Å². The Bertz CT molecular complexity index is 906. The molecule has 0 heterocycles. The van der Waals surface area contributed by atoms with Crippen molar-refractivity contribution in [1.82, 2.24) is 0 Å². The van der Waals surface area contributed by atoms with E-state index in [1.807, 2.05) is 0 Å². The molecule has 0 saturated carbocycles. The van der Waals surface area contributed by atoms with Crippen LogP contribution in [0.25, 0.3) is 0 Å². The van der Waals surface area contributed by atoms with Gasteiger partial charge in [-0.15, -0.1) is 0 Å². The molecule has 3 aromatic rings. The van der Waals surface area contributed by atoms with Crippen LogP contribution in [0.2, 0.25) is 46.5 Å². The van der Waals surface area contributed by atoms with E-state index in [0.29, 0.717) is 0 Å². The molecule has 0 unspecified atom stereocenters. The molecule has 32 heavy (non-hydrogen) atoms. The fraction of sp³-hybridized carbons (Fsp3) is 0.308. The van der Waals surface area contributed by atoms with Crippen LogP contribution in [0.15, 0.2) is 91.0 Å². The Labute approximate surface area is 209 Å². The van der Waals surface area contributed by atoms with Crippen molar-refractivity contribution in [1.29, 1.82) is 0 Å². The molecular weight excluding hydrogens is 586 g/mol. The van der Waals surface area contributed by atoms with Gasteiger partial charge in [0, 0.05) is 0 Å². The second-order valence-corrected chi connectivity index (χ2v) is 48.8. The number of hydrogen-bond acceptors (Lipinski definition) is 0. The van der Waals surface area contributed by atoms with E-state index in [0.717, 1.165) is 0 Å². The monoisotopic (exact) mass is 622 g/mol. The summed E-state index contributed by atoms with van der Waals surface area (Å²) < 4.78 is -0.00511. The van der Waals surface area contributed by atoms with E-state index in [1.165, 1.54) is 15.6 Å². The molecule has 3 rings (SSSR count). The predicted molar refractivity (Wildman–Crippen MR) is 157 cm³/mol. The van der Waals surface area contributed by atoms with Crippen molar-refractivity contribution in [2.45, 2.75) is 46.5 Å². The normalized spacial score (nSPS) is 13.8. The fourth-order valence-corrected chi connectivity index (χ4v) is 96.6. The molecule has 0 saturated heterocycles. The van der Waals surface area contributed by atoms with E-state index < -0.39 is 40.3 Å². The van der Waals surface area contributed by atoms with Crippen LogP contribution in [0.5, 0.6) is 0 Å². The van der Waals surface area contributed by atoms with Gasteiger partial charge in [-0.1, -0.05) is 0 Å². The molecule has 0 amide bonds. The molecule has 0 bridgehead atoms. The Morgan fingerprint density at radius 2 is 0.719 bits per heavy atom. The van der Waals surface area contributed by atoms with Gasteiger partial charge in [0.05, 0.1) is 0 Å². The molecule has 0 fully saturated rings. The Kier molecular flexibility index (Phi) is 7.71. The van der Waals surface area contributed by atoms with Crippen molar-refractivity contribution >= 4 is 73.7 Å². The van der Waals surface area contributed by atoms with Gasteiger partial charge in [0.2, 0.25) is 0 Å². The first-order valence-corrected chi connectivity index (χ1v) is 31.9. The Morgan fingerprint density at radius 1 is 0.500 bits per heavy atom. The molecule has 0 radical (unpaired) electrons. The molecule has 6 heteroatoms. The third-order valence-electron chi connectivity index (χ3n) is 7.96. The molecular formula is C26H36Cl2Si3Sn. The van der Waals surface area contributed by atoms with Crippen molar-refractivity contribution < 1.29 is 0 Å². The zero-order valence-corrected chi connectivity index (χ0v) is 27.8. The van der Waals surface area contributed by atoms with E-state index in [1.54, 1.807) is 0 Å². The summed E-state index contributed by atoms with van der Waals surface area (Å²) in [6.45, 7) is 15.4. The first-order valence-electron chi connectivity index (χ1n) is 11.4. The van der Waals surface area contributed by atoms with E-state index in [-0.39, 0.29) is 2.30 Å². The van der Waals surface area contributed by atoms with E-state index in [9.17, 15) is 0 Å². The van der Waals surface area contributed by atoms with Crippen LogP contribution in [0.1, 0.15) is 0 Å². The summed E-state index contributed by atoms with van der Waals surface area (Å²) in [6.07, 6.45) is 0. The van der Waals surface area contributed by atoms with Gasteiger partial charge in [0.25, 0.3) is 0 Å². The summed E-state index contributed by atoms with van der Waals surface area (Å²) in [5.74, 6) is 0. The van der Waals surface area contributed by atoms with Crippen molar-refractivity contribution in [3.63, 3.8) is 0 Å². The molecule has 0 aliphatic carbocycles. The summed E-state index contributed by atoms with van der Waals surface area (Å²) >= 11 is -3.72. The molecule has 0 N–H and O–H groups in total. The maximum atomic E-state index is 7.74. The van der Waals surface area contributed by atoms with Gasteiger partial charge in [-0.05, 0) is 0 Å². The van der Waals surface area contributed by atoms with Crippen LogP contribution >= 0.6 is 17.8 Å². The average molecular weight is 622 g/mol. The second-order valence-electron chi connectivity index (χ2n) is 10.6. The Balaban J connectivity index is 2.52. The molecule has 0 aliphatic heterocycles. The van der Waals surface area contributed by atoms with Crippen LogP contribution in [-0.4, -0.2) is 40.3 Å². The third kappa shape index (κ3) is 4.05. The van der Waals surface area contributed by atoms with E-state index >= 15 is 0 Å². The van der Waals surface area contributed by atoms with Gasteiger partial charge in [-0.2, -0.15) is 0 Å². The van der Waals surface area contributed by atoms with E-state index in [2.05, 4.69) is 135 Å². The standard InChI is InChI=1S/C25H33Si3.CH3.2ClH.Sn/c1-26(2,22-16-10-7-11-17-22)25(27(3,4)23-18-12-8-13-19-23)28(5,6)24-20-14-9-15-21-24;;;;/h7-21H,1-6H3;1H3;2*1H;/q;;;;+2/p-2. The maximum absolute atomic E-state index is 7.74. The summed E-state index contributed by atoms with van der Waals surface area (Å²) in [6, 6.07) is 33.6. The van der Waals surface area contributed by atoms with Crippen LogP contribution in [0, 0.1) is 0 Å². The number of benzene rings is 3. The number of hydrogen-bond donors (Lipinski definition) is 0. The second kappa shape index (κ2) is 9.38. The summed E-state index contributed by atoms with van der Waals surface area (Å²) in [5, 5.41) is 4.45. The first-order chi connectivity index (χ1) is 14.8. The molecule has 0 aromatic heterocycles. The average Bonchev–Trinajstić information content (AvgIpc) is 2.74. The van der Waals surface area contributed by atoms with Crippen LogP contribution < -0.4 is 15.6 Å². The topological polar surface area (TPSA) is 0 Å². The van der Waals surface area contributed by atoms with Crippen molar-refractivity contribution in [3.8, 4) is 0 Å². The minimum absolute atomic E-state index is 0.00511. The first kappa shape index (κ1) is 26.3. The number of halogens is 2. The minimum atomic E-state index is -3.72. The Hall–Kier alpha value is -0.311. The fourth-order valence-electron chi connectivity index (χ4n) is 7.20. The third-order valence-corrected chi connectivity index (χ3v) is 70.2. The van der Waals surface area contributed by atoms with Gasteiger partial charge < -0.3 is 0 Å². The molecule has 0 spiro atoms. The molecule has 170 valence electrons. The van der Waals surface area contributed by atoms with Gasteiger partial charge in [-0.25, -0.2) is 0 Å². The van der Waals surface area contributed by atoms with Crippen LogP contribution in [0.3, 0.4) is 0 Å². The van der Waals surface area contributed by atoms with Crippen LogP contribution in [0.4, 0.5) is 0 Å². The van der Waals surface area contributed by atoms with Gasteiger partial charge in [-0.3, -0.25) is 0 Å². The van der Waals surface area contributed by atoms with Gasteiger partial charge in [0.15, 0.2) is 0 Å². The molecule has 0 aliphatic rings. The molecule has 0 atom stereocenters. The summed E-state index contributed by atoms with van der Waals surface area (Å²) in [5.41, 5.74) is 0. The van der Waals surface area contributed by atoms with E-state index in [4.69, 9.17) is 17.8 Å². The summed E-state index contributed by atoms with van der Waals surface area (Å²) in [7, 11) is 8.94. The Morgan fingerprint density at radius 3 is 0.906 bits per heavy atom. The summed E-state index contributed by atoms with van der Waals surface area (Å²) in [4.78, 5) is 2.30. The van der Waals surface area contributed by atoms with Crippen molar-refractivity contribution in [2.75, 3.05) is 0 Å². The van der Waals surface area contributed by atoms with Gasteiger partial charge >= 0.3 is 211 Å². The zero-order valence-electron chi connectivity index (χ0n) is 20.4. The predicted octanol–water partition coefficient (Wildman–Crippen LogP) is 6.74. The van der Waals surface area contributed by atoms with Crippen LogP contribution in [-0.2, 0) is 0 Å². The quantitative estimate of drug-likeness (QED) is 0.256. The van der Waals surface area contributed by atoms with Gasteiger partial charge in [0.1, 0.15) is 0 Å². The molecule has 0 nitrogen and oxygen atoms in total. The van der Waals surface area contributed by atoms with Crippen molar-refractivity contribution in [3.05, 3.63) is 91.0 Å². The SMILES string of the molecule is C[Si](C)(c1ccccc1)[C]([Si](C)(C)c1ccccc1)([Si](C)(C)c1ccccc1)[Sn]([CH3])([Cl])[Cl]. The zero-order chi connectivity index (χ0) is 23.8.